The van der Waals surface area contributed by atoms with Crippen LogP contribution in [0.4, 0.5) is 0 Å². The Labute approximate surface area is 177 Å². The van der Waals surface area contributed by atoms with E-state index in [2.05, 4.69) is 10.1 Å². The zero-order chi connectivity index (χ0) is 21.3. The van der Waals surface area contributed by atoms with Crippen LogP contribution in [0.5, 0.6) is 11.5 Å². The molecule has 0 radical (unpaired) electrons. The summed E-state index contributed by atoms with van der Waals surface area (Å²) in [6, 6.07) is 2.89. The van der Waals surface area contributed by atoms with Gasteiger partial charge >= 0.3 is 10.1 Å². The second-order valence-corrected chi connectivity index (χ2v) is 8.94. The molecule has 29 heavy (non-hydrogen) atoms. The third-order valence-corrected chi connectivity index (χ3v) is 5.48. The van der Waals surface area contributed by atoms with Crippen LogP contribution in [-0.4, -0.2) is 48.2 Å². The fourth-order valence-electron chi connectivity index (χ4n) is 2.51. The number of thioether (sulfide) groups is 1. The van der Waals surface area contributed by atoms with E-state index in [4.69, 9.17) is 25.9 Å². The molecule has 9 nitrogen and oxygen atoms in total. The van der Waals surface area contributed by atoms with Gasteiger partial charge in [-0.3, -0.25) is 10.2 Å². The molecule has 2 heterocycles. The van der Waals surface area contributed by atoms with E-state index in [1.165, 1.54) is 35.0 Å². The molecular formula is C17H17ClN4O5S2. The number of hydrogen-bond acceptors (Lipinski definition) is 8. The summed E-state index contributed by atoms with van der Waals surface area (Å²) in [6.45, 7) is 3.87. The molecule has 0 atom stereocenters. The number of hydrazone groups is 1. The molecule has 2 aliphatic heterocycles. The predicted molar refractivity (Wildman–Crippen MR) is 113 cm³/mol. The van der Waals surface area contributed by atoms with Crippen LogP contribution >= 0.6 is 23.4 Å². The molecule has 1 amide bonds. The van der Waals surface area contributed by atoms with Gasteiger partial charge < -0.3 is 8.92 Å². The van der Waals surface area contributed by atoms with Gasteiger partial charge in [0.05, 0.1) is 23.5 Å². The lowest BCUT2D eigenvalue weighted by molar-refractivity contribution is -0.114. The largest absolute Gasteiger partial charge is 0.490 e. The molecule has 0 spiro atoms. The van der Waals surface area contributed by atoms with E-state index in [0.717, 1.165) is 11.3 Å². The van der Waals surface area contributed by atoms with Gasteiger partial charge in [-0.15, -0.1) is 0 Å². The van der Waals surface area contributed by atoms with E-state index in [-0.39, 0.29) is 34.5 Å². The van der Waals surface area contributed by atoms with Crippen LogP contribution in [0.15, 0.2) is 27.8 Å². The molecule has 1 aromatic rings. The minimum Gasteiger partial charge on any atom is -0.490 e. The van der Waals surface area contributed by atoms with Gasteiger partial charge in [0.15, 0.2) is 11.6 Å². The quantitative estimate of drug-likeness (QED) is 0.515. The highest BCUT2D eigenvalue weighted by Crippen LogP contribution is 2.38. The van der Waals surface area contributed by atoms with E-state index in [1.807, 2.05) is 6.92 Å². The summed E-state index contributed by atoms with van der Waals surface area (Å²) in [5.41, 5.74) is 0.434. The molecule has 0 unspecified atom stereocenters. The average Bonchev–Trinajstić information content (AvgIpc) is 3.04. The molecule has 154 valence electrons. The van der Waals surface area contributed by atoms with E-state index in [9.17, 15) is 13.2 Å². The number of nitrogens with one attached hydrogen (secondary N) is 1. The summed E-state index contributed by atoms with van der Waals surface area (Å²) in [5.74, 6) is -0.732. The van der Waals surface area contributed by atoms with Crippen molar-refractivity contribution in [2.45, 2.75) is 20.3 Å². The zero-order valence-corrected chi connectivity index (χ0v) is 18.1. The smallest absolute Gasteiger partial charge is 0.306 e. The van der Waals surface area contributed by atoms with Crippen molar-refractivity contribution in [1.29, 1.82) is 5.41 Å². The second-order valence-electron chi connectivity index (χ2n) is 5.92. The zero-order valence-electron chi connectivity index (χ0n) is 15.7. The number of halogens is 1. The Kier molecular flexibility index (Phi) is 6.01. The first-order chi connectivity index (χ1) is 13.6. The summed E-state index contributed by atoms with van der Waals surface area (Å²) in [7, 11) is -3.83. The van der Waals surface area contributed by atoms with Gasteiger partial charge in [0.25, 0.3) is 5.91 Å². The SMILES string of the molecule is CCOc1cc(/C=C2/C(=N)N3N=C(CC)SC3=NC2=O)cc(Cl)c1OS(C)(=O)=O. The monoisotopic (exact) mass is 456 g/mol. The molecule has 0 bridgehead atoms. The molecule has 1 N–H and O–H groups in total. The van der Waals surface area contributed by atoms with E-state index in [1.54, 1.807) is 6.92 Å². The molecule has 0 saturated heterocycles. The number of fused-ring (bicyclic) bond motifs is 1. The minimum absolute atomic E-state index is 0.0183. The topological polar surface area (TPSA) is 121 Å². The molecule has 0 aromatic heterocycles. The van der Waals surface area contributed by atoms with Crippen LogP contribution < -0.4 is 8.92 Å². The minimum atomic E-state index is -3.83. The Bertz CT molecular complexity index is 1100. The summed E-state index contributed by atoms with van der Waals surface area (Å²) in [6.07, 6.45) is 2.98. The fraction of sp³-hybridized carbons (Fsp3) is 0.294. The Balaban J connectivity index is 2.03. The Morgan fingerprint density at radius 3 is 2.69 bits per heavy atom. The number of ether oxygens (including phenoxy) is 1. The Morgan fingerprint density at radius 2 is 2.07 bits per heavy atom. The van der Waals surface area contributed by atoms with Gasteiger partial charge in [0.2, 0.25) is 10.9 Å². The van der Waals surface area contributed by atoms with Crippen molar-refractivity contribution in [3.63, 3.8) is 0 Å². The van der Waals surface area contributed by atoms with Crippen molar-refractivity contribution in [3.8, 4) is 11.5 Å². The molecule has 0 fully saturated rings. The maximum Gasteiger partial charge on any atom is 0.306 e. The van der Waals surface area contributed by atoms with Crippen LogP contribution in [0.25, 0.3) is 6.08 Å². The lowest BCUT2D eigenvalue weighted by Crippen LogP contribution is -2.35. The summed E-state index contributed by atoms with van der Waals surface area (Å²) < 4.78 is 33.4. The highest BCUT2D eigenvalue weighted by atomic mass is 35.5. The van der Waals surface area contributed by atoms with E-state index >= 15 is 0 Å². The lowest BCUT2D eigenvalue weighted by atomic mass is 10.1. The standard InChI is InChI=1S/C17H17ClN4O5S2/c1-4-13-21-22-15(19)10(16(23)20-17(22)28-13)6-9-7-11(18)14(27-29(3,24)25)12(8-9)26-5-2/h6-8,19H,4-5H2,1-3H3/b10-6-,19-15?. The van der Waals surface area contributed by atoms with Gasteiger partial charge in [-0.1, -0.05) is 18.5 Å². The molecule has 0 aliphatic carbocycles. The van der Waals surface area contributed by atoms with E-state index < -0.39 is 16.0 Å². The summed E-state index contributed by atoms with van der Waals surface area (Å²) >= 11 is 7.45. The first-order valence-corrected chi connectivity index (χ1v) is 11.5. The summed E-state index contributed by atoms with van der Waals surface area (Å²) in [4.78, 5) is 16.4. The number of amides is 1. The third-order valence-electron chi connectivity index (χ3n) is 3.68. The number of hydrogen-bond donors (Lipinski definition) is 1. The van der Waals surface area contributed by atoms with Crippen molar-refractivity contribution in [2.24, 2.45) is 10.1 Å². The maximum absolute atomic E-state index is 12.4. The van der Waals surface area contributed by atoms with Gasteiger partial charge in [0, 0.05) is 0 Å². The van der Waals surface area contributed by atoms with Gasteiger partial charge in [-0.25, -0.2) is 0 Å². The van der Waals surface area contributed by atoms with Gasteiger partial charge in [0.1, 0.15) is 5.04 Å². The fourth-order valence-corrected chi connectivity index (χ4v) is 4.11. The molecule has 12 heteroatoms. The maximum atomic E-state index is 12.4. The first-order valence-electron chi connectivity index (χ1n) is 8.47. The molecule has 2 aliphatic rings. The number of rotatable bonds is 6. The highest BCUT2D eigenvalue weighted by Gasteiger charge is 2.35. The number of carbonyl (C=O) groups is 1. The number of amidine groups is 2. The first kappa shape index (κ1) is 21.3. The van der Waals surface area contributed by atoms with Gasteiger partial charge in [-0.2, -0.15) is 23.5 Å². The van der Waals surface area contributed by atoms with Gasteiger partial charge in [-0.05, 0) is 48.9 Å². The number of nitrogens with zero attached hydrogens (tertiary/aromatic N) is 3. The number of aliphatic imine (C=N–C) groups is 1. The lowest BCUT2D eigenvalue weighted by Gasteiger charge is -2.20. The van der Waals surface area contributed by atoms with Crippen LogP contribution in [0, 0.1) is 5.41 Å². The molecular weight excluding hydrogens is 440 g/mol. The Hall–Kier alpha value is -2.37. The van der Waals surface area contributed by atoms with Crippen LogP contribution in [0.2, 0.25) is 5.02 Å². The van der Waals surface area contributed by atoms with E-state index in [0.29, 0.717) is 17.2 Å². The van der Waals surface area contributed by atoms with Crippen LogP contribution in [0.1, 0.15) is 25.8 Å². The summed E-state index contributed by atoms with van der Waals surface area (Å²) in [5, 5.41) is 15.0. The number of carbonyl (C=O) groups excluding carboxylic acids is 1. The van der Waals surface area contributed by atoms with Crippen LogP contribution in [0.3, 0.4) is 0 Å². The average molecular weight is 457 g/mol. The van der Waals surface area contributed by atoms with Crippen LogP contribution in [-0.2, 0) is 14.9 Å². The predicted octanol–water partition coefficient (Wildman–Crippen LogP) is 3.11. The van der Waals surface area contributed by atoms with Crippen molar-refractivity contribution in [1.82, 2.24) is 5.01 Å². The third kappa shape index (κ3) is 4.62. The van der Waals surface area contributed by atoms with Crippen molar-refractivity contribution < 1.29 is 22.1 Å². The molecule has 3 rings (SSSR count). The molecule has 1 aromatic carbocycles. The van der Waals surface area contributed by atoms with Crippen molar-refractivity contribution >= 4 is 61.5 Å². The van der Waals surface area contributed by atoms with Crippen molar-refractivity contribution in [2.75, 3.05) is 12.9 Å². The molecule has 0 saturated carbocycles. The second kappa shape index (κ2) is 8.17. The van der Waals surface area contributed by atoms with Crippen molar-refractivity contribution in [3.05, 3.63) is 28.3 Å². The number of benzene rings is 1. The Morgan fingerprint density at radius 1 is 1.34 bits per heavy atom. The normalized spacial score (nSPS) is 17.9. The highest BCUT2D eigenvalue weighted by molar-refractivity contribution is 8.26.